The van der Waals surface area contributed by atoms with Gasteiger partial charge in [-0.25, -0.2) is 0 Å². The number of fused-ring (bicyclic) bond motifs is 7. The van der Waals surface area contributed by atoms with Crippen LogP contribution in [0, 0.1) is 29.1 Å². The molecule has 5 fully saturated rings. The van der Waals surface area contributed by atoms with Gasteiger partial charge in [0.15, 0.2) is 17.2 Å². The molecular formula is C23H32O8. The molecule has 6 aliphatic rings. The maximum absolute atomic E-state index is 13.4. The number of rotatable bonds is 0. The van der Waals surface area contributed by atoms with Crippen LogP contribution in [0.2, 0.25) is 0 Å². The Morgan fingerprint density at radius 3 is 2.39 bits per heavy atom. The molecular weight excluding hydrogens is 404 g/mol. The van der Waals surface area contributed by atoms with Gasteiger partial charge in [-0.1, -0.05) is 26.8 Å². The van der Waals surface area contributed by atoms with Crippen molar-refractivity contribution < 1.29 is 39.4 Å². The summed E-state index contributed by atoms with van der Waals surface area (Å²) in [5, 5.41) is 47.1. The van der Waals surface area contributed by atoms with Crippen molar-refractivity contribution in [1.82, 2.24) is 0 Å². The Bertz CT molecular complexity index is 942. The van der Waals surface area contributed by atoms with E-state index in [1.54, 1.807) is 33.8 Å². The quantitative estimate of drug-likeness (QED) is 0.388. The number of epoxide rings is 1. The molecule has 2 aliphatic heterocycles. The lowest BCUT2D eigenvalue weighted by Gasteiger charge is -2.53. The van der Waals surface area contributed by atoms with Crippen LogP contribution in [0.4, 0.5) is 0 Å². The van der Waals surface area contributed by atoms with E-state index in [1.807, 2.05) is 13.8 Å². The number of ether oxygens (including phenoxy) is 3. The molecule has 172 valence electrons. The fraction of sp³-hybridized carbons (Fsp3) is 0.870. The second kappa shape index (κ2) is 5.12. The summed E-state index contributed by atoms with van der Waals surface area (Å²) in [7, 11) is 0. The van der Waals surface area contributed by atoms with Crippen LogP contribution in [-0.2, 0) is 19.0 Å². The normalized spacial score (nSPS) is 62.3. The summed E-state index contributed by atoms with van der Waals surface area (Å²) in [6, 6.07) is 0. The monoisotopic (exact) mass is 436 g/mol. The Labute approximate surface area is 181 Å². The van der Waals surface area contributed by atoms with E-state index in [9.17, 15) is 25.2 Å². The van der Waals surface area contributed by atoms with Gasteiger partial charge in [0.2, 0.25) is 0 Å². The first-order valence-electron chi connectivity index (χ1n) is 11.2. The lowest BCUT2D eigenvalue weighted by molar-refractivity contribution is -0.329. The van der Waals surface area contributed by atoms with E-state index in [-0.39, 0.29) is 6.61 Å². The Morgan fingerprint density at radius 1 is 1.10 bits per heavy atom. The van der Waals surface area contributed by atoms with E-state index in [4.69, 9.17) is 14.2 Å². The topological polar surface area (TPSA) is 129 Å². The second-order valence-electron chi connectivity index (χ2n) is 11.8. The molecule has 0 aromatic heterocycles. The third kappa shape index (κ3) is 1.87. The van der Waals surface area contributed by atoms with E-state index in [1.165, 1.54) is 0 Å². The summed E-state index contributed by atoms with van der Waals surface area (Å²) in [4.78, 5) is 13.4. The molecule has 0 aromatic rings. The van der Waals surface area contributed by atoms with E-state index in [0.29, 0.717) is 5.57 Å². The number of ketones is 1. The molecule has 2 saturated heterocycles. The zero-order chi connectivity index (χ0) is 22.7. The maximum atomic E-state index is 13.4. The molecule has 0 unspecified atom stereocenters. The number of carbonyl (C=O) groups excluding carboxylic acids is 1. The molecule has 0 aromatic carbocycles. The first kappa shape index (κ1) is 20.7. The van der Waals surface area contributed by atoms with Crippen molar-refractivity contribution in [2.75, 3.05) is 6.61 Å². The zero-order valence-electron chi connectivity index (χ0n) is 18.7. The Balaban J connectivity index is 1.61. The minimum Gasteiger partial charge on any atom is -0.390 e. The summed E-state index contributed by atoms with van der Waals surface area (Å²) in [6.45, 7) is 10.6. The van der Waals surface area contributed by atoms with Gasteiger partial charge in [-0.3, -0.25) is 4.79 Å². The highest BCUT2D eigenvalue weighted by Gasteiger charge is 2.91. The van der Waals surface area contributed by atoms with Crippen LogP contribution in [0.1, 0.15) is 41.5 Å². The molecule has 0 bridgehead atoms. The third-order valence-corrected chi connectivity index (χ3v) is 9.85. The van der Waals surface area contributed by atoms with Gasteiger partial charge in [-0.15, -0.1) is 0 Å². The molecule has 0 amide bonds. The molecule has 2 heterocycles. The molecule has 31 heavy (non-hydrogen) atoms. The number of hydrogen-bond donors (Lipinski definition) is 4. The molecule has 1 spiro atoms. The van der Waals surface area contributed by atoms with Crippen LogP contribution in [0.25, 0.3) is 0 Å². The average molecular weight is 437 g/mol. The van der Waals surface area contributed by atoms with Crippen LogP contribution in [0.15, 0.2) is 11.6 Å². The molecule has 11 atom stereocenters. The number of hydrogen-bond acceptors (Lipinski definition) is 8. The van der Waals surface area contributed by atoms with E-state index in [0.717, 1.165) is 0 Å². The van der Waals surface area contributed by atoms with E-state index in [2.05, 4.69) is 0 Å². The van der Waals surface area contributed by atoms with Crippen molar-refractivity contribution in [3.8, 4) is 0 Å². The molecule has 8 heteroatoms. The Hall–Kier alpha value is -0.870. The van der Waals surface area contributed by atoms with Crippen molar-refractivity contribution in [3.05, 3.63) is 11.6 Å². The zero-order valence-corrected chi connectivity index (χ0v) is 18.7. The molecule has 4 N–H and O–H groups in total. The highest BCUT2D eigenvalue weighted by atomic mass is 16.8. The van der Waals surface area contributed by atoms with Gasteiger partial charge in [0.1, 0.15) is 17.3 Å². The van der Waals surface area contributed by atoms with E-state index >= 15 is 0 Å². The van der Waals surface area contributed by atoms with Gasteiger partial charge in [-0.05, 0) is 26.3 Å². The van der Waals surface area contributed by atoms with Crippen molar-refractivity contribution in [2.24, 2.45) is 29.1 Å². The number of aliphatic hydroxyl groups excluding tert-OH is 1. The summed E-state index contributed by atoms with van der Waals surface area (Å²) >= 11 is 0. The van der Waals surface area contributed by atoms with Crippen LogP contribution < -0.4 is 0 Å². The molecule has 6 rings (SSSR count). The highest BCUT2D eigenvalue weighted by molar-refractivity contribution is 6.05. The van der Waals surface area contributed by atoms with Gasteiger partial charge in [-0.2, -0.15) is 0 Å². The molecule has 3 saturated carbocycles. The largest absolute Gasteiger partial charge is 0.390 e. The Morgan fingerprint density at radius 2 is 1.74 bits per heavy atom. The maximum Gasteiger partial charge on any atom is 0.193 e. The van der Waals surface area contributed by atoms with Crippen molar-refractivity contribution in [3.63, 3.8) is 0 Å². The summed E-state index contributed by atoms with van der Waals surface area (Å²) < 4.78 is 18.3. The number of Topliss-reactive ketones (excluding diaryl/α,β-unsaturated/α-hetero) is 1. The van der Waals surface area contributed by atoms with Gasteiger partial charge < -0.3 is 34.6 Å². The second-order valence-corrected chi connectivity index (χ2v) is 11.8. The highest BCUT2D eigenvalue weighted by Crippen LogP contribution is 2.78. The number of carbonyl (C=O) groups is 1. The van der Waals surface area contributed by atoms with Crippen molar-refractivity contribution >= 4 is 5.78 Å². The smallest absolute Gasteiger partial charge is 0.193 e. The van der Waals surface area contributed by atoms with Crippen molar-refractivity contribution in [1.29, 1.82) is 0 Å². The van der Waals surface area contributed by atoms with Gasteiger partial charge in [0.05, 0.1) is 24.4 Å². The number of aliphatic hydroxyl groups is 4. The lowest BCUT2D eigenvalue weighted by Crippen LogP contribution is -2.70. The fourth-order valence-corrected chi connectivity index (χ4v) is 8.04. The first-order valence-corrected chi connectivity index (χ1v) is 11.2. The fourth-order valence-electron chi connectivity index (χ4n) is 8.04. The van der Waals surface area contributed by atoms with Crippen LogP contribution in [0.5, 0.6) is 0 Å². The molecule has 0 radical (unpaired) electrons. The summed E-state index contributed by atoms with van der Waals surface area (Å²) in [5.74, 6) is -4.46. The standard InChI is InChI=1S/C23H32O8/c1-9-7-11-21(26)10(2)15(25)23(28)13(18(23,3)4)12(21)16-20(30-16)8-29-19(5,6)31-17(20)22(11,27)14(9)24/h7,10-13,15-17,25-28H,8H2,1-6H3/t10-,11+,12-,13-,15-,16+,17-,20+,21+,22-,23-/m1/s1. The van der Waals surface area contributed by atoms with E-state index < -0.39 is 81.4 Å². The minimum absolute atomic E-state index is 0.103. The van der Waals surface area contributed by atoms with Crippen molar-refractivity contribution in [2.45, 2.75) is 88.0 Å². The average Bonchev–Trinajstić information content (AvgIpc) is 3.48. The van der Waals surface area contributed by atoms with Gasteiger partial charge in [0.25, 0.3) is 0 Å². The first-order chi connectivity index (χ1) is 14.1. The van der Waals surface area contributed by atoms with Gasteiger partial charge >= 0.3 is 0 Å². The Kier molecular flexibility index (Phi) is 3.42. The summed E-state index contributed by atoms with van der Waals surface area (Å²) in [6.07, 6.45) is -1.22. The van der Waals surface area contributed by atoms with Crippen LogP contribution in [0.3, 0.4) is 0 Å². The third-order valence-electron chi connectivity index (χ3n) is 9.85. The minimum atomic E-state index is -2.06. The molecule has 4 aliphatic carbocycles. The molecule has 8 nitrogen and oxygen atoms in total. The predicted molar refractivity (Wildman–Crippen MR) is 106 cm³/mol. The SMILES string of the molecule is CC1=C[C@@H]2[C@@](O)(C1=O)[C@@H]1OC(C)(C)OC[C@@]13O[C@H]3[C@H]1[C@@H]3C(C)(C)[C@]3(O)[C@H](O)[C@@H](C)[C@@]12O. The predicted octanol–water partition coefficient (Wildman–Crippen LogP) is -0.0896. The summed E-state index contributed by atoms with van der Waals surface area (Å²) in [5.41, 5.74) is -6.56. The van der Waals surface area contributed by atoms with Crippen LogP contribution >= 0.6 is 0 Å². The lowest BCUT2D eigenvalue weighted by atomic mass is 9.58. The van der Waals surface area contributed by atoms with Crippen LogP contribution in [-0.4, -0.2) is 79.3 Å². The van der Waals surface area contributed by atoms with Gasteiger partial charge in [0, 0.05) is 29.1 Å².